The molecular formula is C26H17N2O4S+. The van der Waals surface area contributed by atoms with Crippen LogP contribution in [0.3, 0.4) is 0 Å². The van der Waals surface area contributed by atoms with Gasteiger partial charge in [0, 0.05) is 35.6 Å². The highest BCUT2D eigenvalue weighted by molar-refractivity contribution is 7.90. The molecule has 5 aromatic rings. The molecule has 4 aromatic carbocycles. The number of aromatic amines is 1. The fourth-order valence-corrected chi connectivity index (χ4v) is 5.70. The predicted octanol–water partition coefficient (Wildman–Crippen LogP) is 5.15. The van der Waals surface area contributed by atoms with Crippen LogP contribution in [0, 0.1) is 0 Å². The van der Waals surface area contributed by atoms with Gasteiger partial charge < -0.3 is 14.5 Å². The summed E-state index contributed by atoms with van der Waals surface area (Å²) in [5, 5.41) is 12.8. The number of hydrogen-bond acceptors (Lipinski definition) is 4. The first-order valence-corrected chi connectivity index (χ1v) is 12.4. The van der Waals surface area contributed by atoms with Crippen LogP contribution in [0.2, 0.25) is 0 Å². The summed E-state index contributed by atoms with van der Waals surface area (Å²) in [6.07, 6.45) is 1.16. The number of phenolic OH excluding ortho intramolecular Hbond substituents is 1. The number of aromatic nitrogens is 2. The third-order valence-corrected chi connectivity index (χ3v) is 7.52. The fraction of sp³-hybridized carbons (Fsp3) is 0.0385. The van der Waals surface area contributed by atoms with E-state index in [1.54, 1.807) is 0 Å². The van der Waals surface area contributed by atoms with Crippen molar-refractivity contribution in [3.8, 4) is 22.6 Å². The Bertz CT molecular complexity index is 1870. The van der Waals surface area contributed by atoms with Crippen molar-refractivity contribution in [3.63, 3.8) is 0 Å². The van der Waals surface area contributed by atoms with Gasteiger partial charge in [-0.25, -0.2) is 8.42 Å². The number of phenols is 1. The van der Waals surface area contributed by atoms with Gasteiger partial charge in [0.1, 0.15) is 11.2 Å². The Morgan fingerprint density at radius 3 is 2.33 bits per heavy atom. The Balaban J connectivity index is 1.80. The van der Waals surface area contributed by atoms with E-state index in [0.29, 0.717) is 5.69 Å². The van der Waals surface area contributed by atoms with E-state index >= 15 is 0 Å². The first-order chi connectivity index (χ1) is 15.9. The standard InChI is InChI=1S/C26H16N2O4S/c1-33(30,31)14-11-12-20(29)19(13-14)28-17-7-2-5-15-23(17)26-24-16(27-15)6-3-9-21(24)32-22-10-4-8-18(28)25(22)26/h2-13,29H,1H3/p+1. The second-order valence-electron chi connectivity index (χ2n) is 8.39. The molecule has 0 atom stereocenters. The molecule has 0 radical (unpaired) electrons. The van der Waals surface area contributed by atoms with Crippen molar-refractivity contribution in [1.82, 2.24) is 4.98 Å². The van der Waals surface area contributed by atoms with E-state index in [9.17, 15) is 13.5 Å². The Hall–Kier alpha value is -4.10. The zero-order valence-corrected chi connectivity index (χ0v) is 18.3. The van der Waals surface area contributed by atoms with Crippen LogP contribution in [-0.2, 0) is 9.84 Å². The van der Waals surface area contributed by atoms with Gasteiger partial charge in [0.15, 0.2) is 15.6 Å². The third-order valence-electron chi connectivity index (χ3n) is 6.41. The molecule has 0 saturated carbocycles. The lowest BCUT2D eigenvalue weighted by molar-refractivity contribution is -0.538. The van der Waals surface area contributed by atoms with E-state index in [4.69, 9.17) is 4.42 Å². The molecule has 1 aromatic heterocycles. The minimum Gasteiger partial charge on any atom is -0.502 e. The number of H-pyrrole nitrogens is 1. The zero-order valence-electron chi connectivity index (χ0n) is 17.5. The topological polar surface area (TPSA) is 87.2 Å². The number of nitrogens with zero attached hydrogens (tertiary/aromatic N) is 1. The van der Waals surface area contributed by atoms with Crippen molar-refractivity contribution in [2.24, 2.45) is 0 Å². The Morgan fingerprint density at radius 2 is 1.52 bits per heavy atom. The number of benzene rings is 4. The molecule has 2 aliphatic rings. The zero-order chi connectivity index (χ0) is 22.5. The van der Waals surface area contributed by atoms with Crippen molar-refractivity contribution in [3.05, 3.63) is 72.8 Å². The summed E-state index contributed by atoms with van der Waals surface area (Å²) in [6, 6.07) is 22.1. The summed E-state index contributed by atoms with van der Waals surface area (Å²) < 4.78 is 32.8. The van der Waals surface area contributed by atoms with Crippen LogP contribution in [0.25, 0.3) is 60.8 Å². The molecule has 160 valence electrons. The van der Waals surface area contributed by atoms with Crippen molar-refractivity contribution in [2.75, 3.05) is 6.26 Å². The van der Waals surface area contributed by atoms with Crippen LogP contribution < -0.4 is 4.57 Å². The SMILES string of the molecule is CS(=O)(=O)c1ccc(O)c(-[n+]2c3cccc4[nH]c5cccc6oc7cccc2c7c(c43)-c56)c1. The molecular weight excluding hydrogens is 436 g/mol. The lowest BCUT2D eigenvalue weighted by atomic mass is 9.91. The molecule has 6 nitrogen and oxygen atoms in total. The minimum absolute atomic E-state index is 0.0114. The van der Waals surface area contributed by atoms with Crippen molar-refractivity contribution < 1.29 is 22.5 Å². The number of aromatic hydroxyl groups is 1. The third kappa shape index (κ3) is 2.37. The van der Waals surface area contributed by atoms with Gasteiger partial charge in [0.2, 0.25) is 11.0 Å². The van der Waals surface area contributed by atoms with Gasteiger partial charge in [0.05, 0.1) is 26.7 Å². The highest BCUT2D eigenvalue weighted by Crippen LogP contribution is 2.46. The summed E-state index contributed by atoms with van der Waals surface area (Å²) in [6.45, 7) is 0. The first kappa shape index (κ1) is 18.5. The number of nitrogens with one attached hydrogen (secondary N) is 1. The van der Waals surface area contributed by atoms with Gasteiger partial charge in [-0.15, -0.1) is 4.57 Å². The average Bonchev–Trinajstić information content (AvgIpc) is 2.79. The molecule has 0 spiro atoms. The lowest BCUT2D eigenvalue weighted by Crippen LogP contribution is -2.33. The molecule has 2 aliphatic heterocycles. The van der Waals surface area contributed by atoms with Crippen LogP contribution in [0.15, 0.2) is 82.1 Å². The van der Waals surface area contributed by atoms with Crippen molar-refractivity contribution in [1.29, 1.82) is 0 Å². The van der Waals surface area contributed by atoms with Crippen LogP contribution >= 0.6 is 0 Å². The molecule has 0 fully saturated rings. The molecule has 3 heterocycles. The van der Waals surface area contributed by atoms with E-state index in [1.807, 2.05) is 59.2 Å². The molecule has 0 bridgehead atoms. The molecule has 33 heavy (non-hydrogen) atoms. The maximum atomic E-state index is 12.3. The number of hydrogen-bond donors (Lipinski definition) is 2. The molecule has 0 aliphatic carbocycles. The highest BCUT2D eigenvalue weighted by atomic mass is 32.2. The van der Waals surface area contributed by atoms with Crippen molar-refractivity contribution >= 4 is 53.8 Å². The smallest absolute Gasteiger partial charge is 0.255 e. The fourth-order valence-electron chi connectivity index (χ4n) is 5.05. The molecule has 7 heteroatoms. The maximum Gasteiger partial charge on any atom is 0.255 e. The Labute approximate surface area is 187 Å². The summed E-state index contributed by atoms with van der Waals surface area (Å²) in [4.78, 5) is 3.66. The number of pyridine rings is 2. The Kier molecular flexibility index (Phi) is 3.37. The van der Waals surface area contributed by atoms with E-state index in [0.717, 1.165) is 61.4 Å². The van der Waals surface area contributed by atoms with Gasteiger partial charge in [-0.1, -0.05) is 18.2 Å². The minimum atomic E-state index is -3.47. The van der Waals surface area contributed by atoms with Crippen molar-refractivity contribution in [2.45, 2.75) is 4.90 Å². The molecule has 2 N–H and O–H groups in total. The van der Waals surface area contributed by atoms with E-state index in [2.05, 4.69) is 4.98 Å². The second kappa shape index (κ2) is 6.02. The number of sulfone groups is 1. The molecule has 7 rings (SSSR count). The summed E-state index contributed by atoms with van der Waals surface area (Å²) in [5.41, 5.74) is 7.57. The van der Waals surface area contributed by atoms with E-state index in [-0.39, 0.29) is 10.6 Å². The predicted molar refractivity (Wildman–Crippen MR) is 127 cm³/mol. The summed E-state index contributed by atoms with van der Waals surface area (Å²) in [5.74, 6) is -0.0114. The largest absolute Gasteiger partial charge is 0.502 e. The van der Waals surface area contributed by atoms with Gasteiger partial charge in [-0.05, 0) is 36.4 Å². The molecule has 0 saturated heterocycles. The lowest BCUT2D eigenvalue weighted by Gasteiger charge is -2.20. The average molecular weight is 453 g/mol. The molecule has 0 amide bonds. The quantitative estimate of drug-likeness (QED) is 0.215. The van der Waals surface area contributed by atoms with Gasteiger partial charge in [0.25, 0.3) is 5.69 Å². The summed E-state index contributed by atoms with van der Waals surface area (Å²) >= 11 is 0. The van der Waals surface area contributed by atoms with E-state index < -0.39 is 9.84 Å². The van der Waals surface area contributed by atoms with E-state index in [1.165, 1.54) is 18.2 Å². The van der Waals surface area contributed by atoms with Crippen LogP contribution in [0.4, 0.5) is 0 Å². The van der Waals surface area contributed by atoms with Gasteiger partial charge >= 0.3 is 0 Å². The van der Waals surface area contributed by atoms with Crippen LogP contribution in [-0.4, -0.2) is 24.8 Å². The highest BCUT2D eigenvalue weighted by Gasteiger charge is 2.32. The first-order valence-electron chi connectivity index (χ1n) is 10.5. The Morgan fingerprint density at radius 1 is 0.818 bits per heavy atom. The second-order valence-corrected chi connectivity index (χ2v) is 10.4. The van der Waals surface area contributed by atoms with Crippen LogP contribution in [0.1, 0.15) is 0 Å². The van der Waals surface area contributed by atoms with Crippen LogP contribution in [0.5, 0.6) is 5.75 Å². The van der Waals surface area contributed by atoms with Gasteiger partial charge in [-0.3, -0.25) is 0 Å². The molecule has 0 unspecified atom stereocenters. The maximum absolute atomic E-state index is 12.3. The number of rotatable bonds is 2. The normalized spacial score (nSPS) is 12.8. The van der Waals surface area contributed by atoms with Gasteiger partial charge in [-0.2, -0.15) is 0 Å². The monoisotopic (exact) mass is 453 g/mol. The summed E-state index contributed by atoms with van der Waals surface area (Å²) in [7, 11) is -3.47.